The van der Waals surface area contributed by atoms with E-state index in [1.807, 2.05) is 6.08 Å². The second kappa shape index (κ2) is 7.02. The minimum atomic E-state index is 0.339. The second-order valence-electron chi connectivity index (χ2n) is 5.55. The Balaban J connectivity index is 3.76. The van der Waals surface area contributed by atoms with Crippen LogP contribution in [0.3, 0.4) is 0 Å². The summed E-state index contributed by atoms with van der Waals surface area (Å²) in [5, 5.41) is 3.59. The third-order valence-electron chi connectivity index (χ3n) is 2.48. The van der Waals surface area contributed by atoms with Crippen LogP contribution in [0.2, 0.25) is 0 Å². The summed E-state index contributed by atoms with van der Waals surface area (Å²) in [7, 11) is 4.26. The molecule has 0 aliphatic carbocycles. The van der Waals surface area contributed by atoms with Crippen molar-refractivity contribution in [2.45, 2.75) is 39.7 Å². The van der Waals surface area contributed by atoms with Crippen LogP contribution in [-0.4, -0.2) is 38.1 Å². The molecule has 0 saturated carbocycles. The standard InChI is InChI=1S/C13H28N2/c1-7-8-9-12(2)14-10-13(3,4)11-15(5)6/h7,12,14H,1,8-11H2,2-6H3. The lowest BCUT2D eigenvalue weighted by Crippen LogP contribution is -2.40. The zero-order chi connectivity index (χ0) is 11.9. The average molecular weight is 212 g/mol. The van der Waals surface area contributed by atoms with Gasteiger partial charge in [-0.05, 0) is 39.3 Å². The lowest BCUT2D eigenvalue weighted by molar-refractivity contribution is 0.225. The van der Waals surface area contributed by atoms with E-state index in [2.05, 4.69) is 51.7 Å². The molecule has 0 saturated heterocycles. The van der Waals surface area contributed by atoms with Crippen LogP contribution in [-0.2, 0) is 0 Å². The molecule has 0 spiro atoms. The number of hydrogen-bond acceptors (Lipinski definition) is 2. The molecule has 2 heteroatoms. The van der Waals surface area contributed by atoms with Crippen LogP contribution in [0.1, 0.15) is 33.6 Å². The molecule has 0 aromatic carbocycles. The molecule has 90 valence electrons. The lowest BCUT2D eigenvalue weighted by atomic mass is 9.92. The normalized spacial score (nSPS) is 14.3. The third kappa shape index (κ3) is 8.64. The van der Waals surface area contributed by atoms with Crippen LogP contribution in [0.4, 0.5) is 0 Å². The van der Waals surface area contributed by atoms with Gasteiger partial charge in [0, 0.05) is 19.1 Å². The predicted molar refractivity (Wildman–Crippen MR) is 69.2 cm³/mol. The summed E-state index contributed by atoms with van der Waals surface area (Å²) < 4.78 is 0. The largest absolute Gasteiger partial charge is 0.314 e. The molecule has 0 aromatic heterocycles. The van der Waals surface area contributed by atoms with Gasteiger partial charge in [-0.1, -0.05) is 19.9 Å². The third-order valence-corrected chi connectivity index (χ3v) is 2.48. The summed E-state index contributed by atoms with van der Waals surface area (Å²) in [6, 6.07) is 0.587. The van der Waals surface area contributed by atoms with E-state index in [1.165, 1.54) is 6.42 Å². The van der Waals surface area contributed by atoms with Crippen LogP contribution in [0.5, 0.6) is 0 Å². The van der Waals surface area contributed by atoms with Crippen molar-refractivity contribution >= 4 is 0 Å². The van der Waals surface area contributed by atoms with Crippen LogP contribution in [0.15, 0.2) is 12.7 Å². The molecule has 0 aliphatic rings. The Hall–Kier alpha value is -0.340. The summed E-state index contributed by atoms with van der Waals surface area (Å²) >= 11 is 0. The van der Waals surface area contributed by atoms with E-state index < -0.39 is 0 Å². The van der Waals surface area contributed by atoms with Gasteiger partial charge in [-0.15, -0.1) is 6.58 Å². The molecule has 0 radical (unpaired) electrons. The Bertz CT molecular complexity index is 173. The summed E-state index contributed by atoms with van der Waals surface area (Å²) in [6.45, 7) is 12.8. The Morgan fingerprint density at radius 1 is 1.40 bits per heavy atom. The van der Waals surface area contributed by atoms with Gasteiger partial charge in [0.1, 0.15) is 0 Å². The van der Waals surface area contributed by atoms with E-state index >= 15 is 0 Å². The maximum absolute atomic E-state index is 3.75. The molecular formula is C13H28N2. The highest BCUT2D eigenvalue weighted by molar-refractivity contribution is 4.77. The molecule has 1 N–H and O–H groups in total. The minimum Gasteiger partial charge on any atom is -0.314 e. The number of nitrogens with zero attached hydrogens (tertiary/aromatic N) is 1. The summed E-state index contributed by atoms with van der Waals surface area (Å²) in [4.78, 5) is 2.25. The topological polar surface area (TPSA) is 15.3 Å². The summed E-state index contributed by atoms with van der Waals surface area (Å²) in [5.41, 5.74) is 0.339. The molecule has 1 atom stereocenters. The number of nitrogens with one attached hydrogen (secondary N) is 1. The van der Waals surface area contributed by atoms with Gasteiger partial charge in [-0.25, -0.2) is 0 Å². The first-order valence-electron chi connectivity index (χ1n) is 5.86. The van der Waals surface area contributed by atoms with Crippen molar-refractivity contribution in [3.63, 3.8) is 0 Å². The van der Waals surface area contributed by atoms with E-state index in [-0.39, 0.29) is 0 Å². The highest BCUT2D eigenvalue weighted by atomic mass is 15.1. The predicted octanol–water partition coefficient (Wildman–Crippen LogP) is 2.52. The summed E-state index contributed by atoms with van der Waals surface area (Å²) in [6.07, 6.45) is 4.27. The minimum absolute atomic E-state index is 0.339. The van der Waals surface area contributed by atoms with Crippen molar-refractivity contribution in [1.29, 1.82) is 0 Å². The van der Waals surface area contributed by atoms with Crippen molar-refractivity contribution in [3.8, 4) is 0 Å². The smallest absolute Gasteiger partial charge is 0.00419 e. The zero-order valence-corrected chi connectivity index (χ0v) is 11.1. The SMILES string of the molecule is C=CCCC(C)NCC(C)(C)CN(C)C. The lowest BCUT2D eigenvalue weighted by Gasteiger charge is -2.30. The van der Waals surface area contributed by atoms with Gasteiger partial charge < -0.3 is 10.2 Å². The average Bonchev–Trinajstić information content (AvgIpc) is 2.09. The molecule has 0 bridgehead atoms. The van der Waals surface area contributed by atoms with E-state index in [1.54, 1.807) is 0 Å². The van der Waals surface area contributed by atoms with Crippen molar-refractivity contribution in [1.82, 2.24) is 10.2 Å². The van der Waals surface area contributed by atoms with E-state index in [9.17, 15) is 0 Å². The fraction of sp³-hybridized carbons (Fsp3) is 0.846. The molecule has 0 fully saturated rings. The van der Waals surface area contributed by atoms with Crippen LogP contribution in [0.25, 0.3) is 0 Å². The molecule has 2 nitrogen and oxygen atoms in total. The Morgan fingerprint density at radius 2 is 2.00 bits per heavy atom. The van der Waals surface area contributed by atoms with Gasteiger partial charge in [0.15, 0.2) is 0 Å². The van der Waals surface area contributed by atoms with Gasteiger partial charge in [0.25, 0.3) is 0 Å². The summed E-state index contributed by atoms with van der Waals surface area (Å²) in [5.74, 6) is 0. The number of allylic oxidation sites excluding steroid dienone is 1. The Kier molecular flexibility index (Phi) is 6.86. The second-order valence-corrected chi connectivity index (χ2v) is 5.55. The molecule has 0 rings (SSSR count). The Morgan fingerprint density at radius 3 is 2.47 bits per heavy atom. The molecule has 1 unspecified atom stereocenters. The first-order valence-corrected chi connectivity index (χ1v) is 5.86. The monoisotopic (exact) mass is 212 g/mol. The van der Waals surface area contributed by atoms with Crippen LogP contribution < -0.4 is 5.32 Å². The number of rotatable bonds is 8. The van der Waals surface area contributed by atoms with Gasteiger partial charge >= 0.3 is 0 Å². The molecule has 0 aromatic rings. The maximum Gasteiger partial charge on any atom is 0.00419 e. The zero-order valence-electron chi connectivity index (χ0n) is 11.1. The van der Waals surface area contributed by atoms with Gasteiger partial charge in [0.05, 0.1) is 0 Å². The van der Waals surface area contributed by atoms with Gasteiger partial charge in [-0.3, -0.25) is 0 Å². The van der Waals surface area contributed by atoms with E-state index in [0.717, 1.165) is 19.5 Å². The van der Waals surface area contributed by atoms with Crippen LogP contribution in [0, 0.1) is 5.41 Å². The van der Waals surface area contributed by atoms with Gasteiger partial charge in [-0.2, -0.15) is 0 Å². The molecule has 15 heavy (non-hydrogen) atoms. The molecule has 0 heterocycles. The molecular weight excluding hydrogens is 184 g/mol. The quantitative estimate of drug-likeness (QED) is 0.622. The van der Waals surface area contributed by atoms with E-state index in [4.69, 9.17) is 0 Å². The van der Waals surface area contributed by atoms with Crippen LogP contribution >= 0.6 is 0 Å². The van der Waals surface area contributed by atoms with Crippen molar-refractivity contribution in [3.05, 3.63) is 12.7 Å². The van der Waals surface area contributed by atoms with E-state index in [0.29, 0.717) is 11.5 Å². The molecule has 0 aliphatic heterocycles. The first kappa shape index (κ1) is 14.7. The molecule has 0 amide bonds. The first-order chi connectivity index (χ1) is 6.87. The van der Waals surface area contributed by atoms with Crippen molar-refractivity contribution in [2.24, 2.45) is 5.41 Å². The highest BCUT2D eigenvalue weighted by Gasteiger charge is 2.19. The van der Waals surface area contributed by atoms with Gasteiger partial charge in [0.2, 0.25) is 0 Å². The fourth-order valence-electron chi connectivity index (χ4n) is 1.83. The highest BCUT2D eigenvalue weighted by Crippen LogP contribution is 2.14. The van der Waals surface area contributed by atoms with Crippen molar-refractivity contribution in [2.75, 3.05) is 27.2 Å². The van der Waals surface area contributed by atoms with Crippen molar-refractivity contribution < 1.29 is 0 Å². The Labute approximate surface area is 95.7 Å². The number of hydrogen-bond donors (Lipinski definition) is 1. The maximum atomic E-state index is 3.75. The fourth-order valence-corrected chi connectivity index (χ4v) is 1.83.